The molecular weight excluding hydrogens is 396 g/mol. The Labute approximate surface area is 174 Å². The Balaban J connectivity index is 1.67. The molecule has 1 fully saturated rings. The Morgan fingerprint density at radius 1 is 1.10 bits per heavy atom. The Morgan fingerprint density at radius 3 is 2.28 bits per heavy atom. The van der Waals surface area contributed by atoms with Crippen LogP contribution >= 0.6 is 11.6 Å². The van der Waals surface area contributed by atoms with Gasteiger partial charge in [0, 0.05) is 23.8 Å². The maximum Gasteiger partial charge on any atom is 0.239 e. The van der Waals surface area contributed by atoms with E-state index in [9.17, 15) is 9.59 Å². The highest BCUT2D eigenvalue weighted by Gasteiger charge is 2.37. The van der Waals surface area contributed by atoms with E-state index < -0.39 is 5.92 Å². The molecule has 0 aromatic heterocycles. The van der Waals surface area contributed by atoms with Crippen LogP contribution in [0.25, 0.3) is 0 Å². The zero-order valence-electron chi connectivity index (χ0n) is 16.5. The molecule has 29 heavy (non-hydrogen) atoms. The van der Waals surface area contributed by atoms with Crippen LogP contribution in [0.2, 0.25) is 5.02 Å². The van der Waals surface area contributed by atoms with Gasteiger partial charge in [-0.25, -0.2) is 0 Å². The van der Waals surface area contributed by atoms with Gasteiger partial charge < -0.3 is 24.4 Å². The van der Waals surface area contributed by atoms with E-state index in [1.54, 1.807) is 41.3 Å². The molecule has 0 unspecified atom stereocenters. The van der Waals surface area contributed by atoms with E-state index in [0.717, 1.165) is 11.3 Å². The van der Waals surface area contributed by atoms with Gasteiger partial charge in [0.15, 0.2) is 11.5 Å². The lowest BCUT2D eigenvalue weighted by atomic mass is 10.1. The molecule has 1 N–H and O–H groups in total. The molecule has 2 aromatic carbocycles. The van der Waals surface area contributed by atoms with Crippen molar-refractivity contribution in [3.63, 3.8) is 0 Å². The number of nitrogens with one attached hydrogen (secondary N) is 1. The van der Waals surface area contributed by atoms with E-state index >= 15 is 0 Å². The predicted molar refractivity (Wildman–Crippen MR) is 110 cm³/mol. The van der Waals surface area contributed by atoms with Gasteiger partial charge in [0.25, 0.3) is 0 Å². The van der Waals surface area contributed by atoms with Gasteiger partial charge in [-0.2, -0.15) is 0 Å². The van der Waals surface area contributed by atoms with E-state index in [4.69, 9.17) is 25.8 Å². The van der Waals surface area contributed by atoms with Crippen LogP contribution in [-0.2, 0) is 16.1 Å². The average Bonchev–Trinajstić information content (AvgIpc) is 3.13. The fraction of sp³-hybridized carbons (Fsp3) is 0.333. The van der Waals surface area contributed by atoms with Crippen molar-refractivity contribution in [2.24, 2.45) is 5.92 Å². The van der Waals surface area contributed by atoms with Crippen molar-refractivity contribution in [2.45, 2.75) is 13.0 Å². The number of benzene rings is 2. The summed E-state index contributed by atoms with van der Waals surface area (Å²) in [4.78, 5) is 26.9. The number of nitrogens with zero attached hydrogens (tertiary/aromatic N) is 1. The number of hydrogen-bond donors (Lipinski definition) is 1. The summed E-state index contributed by atoms with van der Waals surface area (Å²) in [6, 6.07) is 10.5. The number of carbonyl (C=O) groups is 2. The van der Waals surface area contributed by atoms with Gasteiger partial charge in [0.1, 0.15) is 5.92 Å². The van der Waals surface area contributed by atoms with Gasteiger partial charge in [-0.05, 0) is 48.4 Å². The summed E-state index contributed by atoms with van der Waals surface area (Å²) in [5.41, 5.74) is 1.51. The summed E-state index contributed by atoms with van der Waals surface area (Å²) in [5, 5.41) is 3.43. The van der Waals surface area contributed by atoms with Crippen molar-refractivity contribution in [1.82, 2.24) is 5.32 Å². The van der Waals surface area contributed by atoms with E-state index in [0.29, 0.717) is 35.2 Å². The number of hydrogen-bond acceptors (Lipinski definition) is 5. The second kappa shape index (κ2) is 9.05. The quantitative estimate of drug-likeness (QED) is 0.699. The van der Waals surface area contributed by atoms with Crippen LogP contribution in [0.3, 0.4) is 0 Å². The molecule has 1 heterocycles. The molecule has 8 heteroatoms. The zero-order chi connectivity index (χ0) is 21.0. The molecule has 2 amide bonds. The lowest BCUT2D eigenvalue weighted by Crippen LogP contribution is -2.36. The monoisotopic (exact) mass is 418 g/mol. The summed E-state index contributed by atoms with van der Waals surface area (Å²) >= 11 is 5.90. The largest absolute Gasteiger partial charge is 0.493 e. The molecule has 3 rings (SSSR count). The van der Waals surface area contributed by atoms with Crippen molar-refractivity contribution in [3.8, 4) is 17.2 Å². The Hall–Kier alpha value is -2.93. The third kappa shape index (κ3) is 4.40. The molecular formula is C21H23ClN2O5. The summed E-state index contributed by atoms with van der Waals surface area (Å²) in [7, 11) is 4.59. The Morgan fingerprint density at radius 2 is 1.72 bits per heavy atom. The van der Waals surface area contributed by atoms with Crippen LogP contribution in [0.15, 0.2) is 36.4 Å². The van der Waals surface area contributed by atoms with Gasteiger partial charge in [0.2, 0.25) is 17.6 Å². The van der Waals surface area contributed by atoms with Crippen LogP contribution in [0.4, 0.5) is 5.69 Å². The highest BCUT2D eigenvalue weighted by Crippen LogP contribution is 2.38. The van der Waals surface area contributed by atoms with Gasteiger partial charge in [-0.3, -0.25) is 9.59 Å². The second-order valence-corrected chi connectivity index (χ2v) is 7.00. The molecule has 1 aliphatic rings. The molecule has 0 saturated carbocycles. The standard InChI is InChI=1S/C21H23ClN2O5/c1-27-17-10-13(11-18(28-2)19(17)29-3)12-23-20(25)16-8-9-24(21(16)26)15-6-4-14(22)5-7-15/h4-7,10-11,16H,8-9,12H2,1-3H3,(H,23,25)/t16-/m1/s1. The fourth-order valence-electron chi connectivity index (χ4n) is 3.35. The number of anilines is 1. The number of methoxy groups -OCH3 is 3. The van der Waals surface area contributed by atoms with E-state index in [2.05, 4.69) is 5.32 Å². The van der Waals surface area contributed by atoms with E-state index in [-0.39, 0.29) is 18.4 Å². The van der Waals surface area contributed by atoms with Crippen molar-refractivity contribution < 1.29 is 23.8 Å². The highest BCUT2D eigenvalue weighted by molar-refractivity contribution is 6.30. The summed E-state index contributed by atoms with van der Waals surface area (Å²) in [6.07, 6.45) is 0.461. The summed E-state index contributed by atoms with van der Waals surface area (Å²) < 4.78 is 16.0. The van der Waals surface area contributed by atoms with Crippen molar-refractivity contribution >= 4 is 29.1 Å². The molecule has 0 aliphatic carbocycles. The van der Waals surface area contributed by atoms with E-state index in [1.807, 2.05) is 0 Å². The van der Waals surface area contributed by atoms with Crippen molar-refractivity contribution in [2.75, 3.05) is 32.8 Å². The van der Waals surface area contributed by atoms with Crippen LogP contribution < -0.4 is 24.4 Å². The van der Waals surface area contributed by atoms with Gasteiger partial charge in [-0.15, -0.1) is 0 Å². The molecule has 7 nitrogen and oxygen atoms in total. The number of carbonyl (C=O) groups excluding carboxylic acids is 2. The van der Waals surface area contributed by atoms with Gasteiger partial charge in [-0.1, -0.05) is 11.6 Å². The minimum atomic E-state index is -0.715. The predicted octanol–water partition coefficient (Wildman–Crippen LogP) is 3.04. The smallest absolute Gasteiger partial charge is 0.239 e. The maximum absolute atomic E-state index is 12.7. The molecule has 2 aromatic rings. The Kier molecular flexibility index (Phi) is 6.49. The SMILES string of the molecule is COc1cc(CNC(=O)[C@H]2CCN(c3ccc(Cl)cc3)C2=O)cc(OC)c1OC. The van der Waals surface area contributed by atoms with Crippen LogP contribution in [-0.4, -0.2) is 39.7 Å². The molecule has 154 valence electrons. The molecule has 1 saturated heterocycles. The normalized spacial score (nSPS) is 15.9. The molecule has 0 radical (unpaired) electrons. The number of amides is 2. The first-order valence-corrected chi connectivity index (χ1v) is 9.49. The number of ether oxygens (including phenoxy) is 3. The Bertz CT molecular complexity index is 875. The van der Waals surface area contributed by atoms with Gasteiger partial charge >= 0.3 is 0 Å². The lowest BCUT2D eigenvalue weighted by Gasteiger charge is -2.17. The molecule has 0 spiro atoms. The number of rotatable bonds is 7. The summed E-state index contributed by atoms with van der Waals surface area (Å²) in [5.74, 6) is 0.251. The first-order chi connectivity index (χ1) is 14.0. The van der Waals surface area contributed by atoms with E-state index in [1.165, 1.54) is 21.3 Å². The first-order valence-electron chi connectivity index (χ1n) is 9.12. The third-order valence-corrected chi connectivity index (χ3v) is 5.10. The molecule has 0 bridgehead atoms. The van der Waals surface area contributed by atoms with Crippen LogP contribution in [0.5, 0.6) is 17.2 Å². The number of halogens is 1. The molecule has 1 aliphatic heterocycles. The summed E-state index contributed by atoms with van der Waals surface area (Å²) in [6.45, 7) is 0.725. The maximum atomic E-state index is 12.7. The second-order valence-electron chi connectivity index (χ2n) is 6.56. The lowest BCUT2D eigenvalue weighted by molar-refractivity contribution is -0.132. The minimum absolute atomic E-state index is 0.213. The topological polar surface area (TPSA) is 77.1 Å². The first kappa shape index (κ1) is 20.8. The third-order valence-electron chi connectivity index (χ3n) is 4.85. The van der Waals surface area contributed by atoms with Crippen molar-refractivity contribution in [1.29, 1.82) is 0 Å². The minimum Gasteiger partial charge on any atom is -0.493 e. The van der Waals surface area contributed by atoms with Crippen molar-refractivity contribution in [3.05, 3.63) is 47.0 Å². The fourth-order valence-corrected chi connectivity index (χ4v) is 3.48. The average molecular weight is 419 g/mol. The van der Waals surface area contributed by atoms with Gasteiger partial charge in [0.05, 0.1) is 21.3 Å². The zero-order valence-corrected chi connectivity index (χ0v) is 17.3. The van der Waals surface area contributed by atoms with Crippen LogP contribution in [0, 0.1) is 5.92 Å². The molecule has 1 atom stereocenters. The van der Waals surface area contributed by atoms with Crippen LogP contribution in [0.1, 0.15) is 12.0 Å². The highest BCUT2D eigenvalue weighted by atomic mass is 35.5.